The molecule has 0 saturated carbocycles. The van der Waals surface area contributed by atoms with Gasteiger partial charge in [-0.05, 0) is 76.9 Å². The van der Waals surface area contributed by atoms with Crippen LogP contribution in [0.5, 0.6) is 0 Å². The van der Waals surface area contributed by atoms with Gasteiger partial charge in [-0.3, -0.25) is 0 Å². The SMILES string of the molecule is c1cc(-c2cccc3c2sc2ccccc23)cc(N(c2ccc(-c3cccc4c3oc3ccccc34)cc2)c2ccc(-c3cccc4c3oc3ccccc34)cc2)c1. The van der Waals surface area contributed by atoms with E-state index in [2.05, 4.69) is 181 Å². The monoisotopic (exact) mass is 759 g/mol. The molecule has 0 bridgehead atoms. The lowest BCUT2D eigenvalue weighted by atomic mass is 10.00. The standard InChI is InChI=1S/C54H33NO2S/c1-4-22-49-43(13-1)46-19-8-16-40(52(46)56-49)34-25-29-37(30-26-34)55(38-31-27-35(28-32-38)41-17-9-20-47-44-14-2-5-23-50(44)57-53(41)47)39-12-7-11-36(33-39)42-18-10-21-48-45-15-3-6-24-51(45)58-54(42)48/h1-33H. The van der Waals surface area contributed by atoms with Gasteiger partial charge in [0.05, 0.1) is 0 Å². The predicted octanol–water partition coefficient (Wildman–Crippen LogP) is 16.3. The van der Waals surface area contributed by atoms with Crippen molar-refractivity contribution in [2.45, 2.75) is 0 Å². The smallest absolute Gasteiger partial charge is 0.143 e. The highest BCUT2D eigenvalue weighted by Crippen LogP contribution is 2.44. The maximum absolute atomic E-state index is 6.43. The van der Waals surface area contributed by atoms with Crippen molar-refractivity contribution in [3.05, 3.63) is 200 Å². The van der Waals surface area contributed by atoms with Crippen molar-refractivity contribution in [2.24, 2.45) is 0 Å². The molecule has 272 valence electrons. The Bertz CT molecular complexity index is 3360. The number of hydrogen-bond acceptors (Lipinski definition) is 4. The Balaban J connectivity index is 0.988. The lowest BCUT2D eigenvalue weighted by molar-refractivity contribution is 0.669. The minimum absolute atomic E-state index is 0.902. The number of anilines is 3. The predicted molar refractivity (Wildman–Crippen MR) is 245 cm³/mol. The molecule has 12 aromatic rings. The summed E-state index contributed by atoms with van der Waals surface area (Å²) in [6, 6.07) is 71.4. The summed E-state index contributed by atoms with van der Waals surface area (Å²) >= 11 is 1.86. The van der Waals surface area contributed by atoms with E-state index in [0.717, 1.165) is 83.2 Å². The zero-order valence-electron chi connectivity index (χ0n) is 31.2. The van der Waals surface area contributed by atoms with Gasteiger partial charge in [0.2, 0.25) is 0 Å². The Kier molecular flexibility index (Phi) is 7.40. The Hall–Kier alpha value is -7.40. The van der Waals surface area contributed by atoms with Crippen molar-refractivity contribution >= 4 is 92.4 Å². The molecular weight excluding hydrogens is 727 g/mol. The van der Waals surface area contributed by atoms with Crippen LogP contribution >= 0.6 is 11.3 Å². The molecule has 0 aliphatic carbocycles. The number of thiophene rings is 1. The number of nitrogens with zero attached hydrogens (tertiary/aromatic N) is 1. The largest absolute Gasteiger partial charge is 0.455 e. The van der Waals surface area contributed by atoms with Gasteiger partial charge in [0.15, 0.2) is 0 Å². The van der Waals surface area contributed by atoms with Crippen molar-refractivity contribution in [3.63, 3.8) is 0 Å². The molecule has 3 heterocycles. The number of para-hydroxylation sites is 4. The summed E-state index contributed by atoms with van der Waals surface area (Å²) in [7, 11) is 0. The molecule has 58 heavy (non-hydrogen) atoms. The molecular formula is C54H33NO2S. The van der Waals surface area contributed by atoms with Crippen molar-refractivity contribution in [2.75, 3.05) is 4.90 Å². The molecule has 0 radical (unpaired) electrons. The number of benzene rings is 9. The van der Waals surface area contributed by atoms with Gasteiger partial charge in [0.1, 0.15) is 22.3 Å². The molecule has 0 aliphatic rings. The van der Waals surface area contributed by atoms with Gasteiger partial charge < -0.3 is 13.7 Å². The van der Waals surface area contributed by atoms with Gasteiger partial charge in [0, 0.05) is 69.9 Å². The third-order valence-corrected chi connectivity index (χ3v) is 12.7. The first-order valence-electron chi connectivity index (χ1n) is 19.6. The first-order chi connectivity index (χ1) is 28.7. The summed E-state index contributed by atoms with van der Waals surface area (Å²) in [5.74, 6) is 0. The normalized spacial score (nSPS) is 11.8. The van der Waals surface area contributed by atoms with Crippen LogP contribution < -0.4 is 4.90 Å². The Morgan fingerprint density at radius 3 is 1.41 bits per heavy atom. The van der Waals surface area contributed by atoms with Crippen LogP contribution in [0.1, 0.15) is 0 Å². The Labute approximate surface area is 338 Å². The third-order valence-electron chi connectivity index (χ3n) is 11.5. The molecule has 3 nitrogen and oxygen atoms in total. The van der Waals surface area contributed by atoms with Gasteiger partial charge in [-0.25, -0.2) is 0 Å². The van der Waals surface area contributed by atoms with Crippen molar-refractivity contribution in [3.8, 4) is 33.4 Å². The number of rotatable bonds is 6. The van der Waals surface area contributed by atoms with E-state index in [0.29, 0.717) is 0 Å². The topological polar surface area (TPSA) is 29.5 Å². The summed E-state index contributed by atoms with van der Waals surface area (Å²) in [5.41, 5.74) is 13.6. The number of fused-ring (bicyclic) bond motifs is 9. The molecule has 0 atom stereocenters. The average molecular weight is 760 g/mol. The second-order valence-corrected chi connectivity index (χ2v) is 15.9. The maximum Gasteiger partial charge on any atom is 0.143 e. The van der Waals surface area contributed by atoms with Crippen LogP contribution in [0.4, 0.5) is 17.1 Å². The molecule has 0 N–H and O–H groups in total. The molecule has 3 aromatic heterocycles. The van der Waals surface area contributed by atoms with Crippen LogP contribution in [0.25, 0.3) is 97.4 Å². The fourth-order valence-corrected chi connectivity index (χ4v) is 10.0. The fourth-order valence-electron chi connectivity index (χ4n) is 8.76. The second-order valence-electron chi connectivity index (χ2n) is 14.8. The van der Waals surface area contributed by atoms with Crippen molar-refractivity contribution < 1.29 is 8.83 Å². The van der Waals surface area contributed by atoms with Crippen LogP contribution in [0.2, 0.25) is 0 Å². The van der Waals surface area contributed by atoms with Crippen molar-refractivity contribution in [1.29, 1.82) is 0 Å². The minimum atomic E-state index is 0.902. The summed E-state index contributed by atoms with van der Waals surface area (Å²) in [5, 5.41) is 7.12. The highest BCUT2D eigenvalue weighted by Gasteiger charge is 2.18. The fraction of sp³-hybridized carbons (Fsp3) is 0. The average Bonchev–Trinajstić information content (AvgIpc) is 3.99. The molecule has 4 heteroatoms. The van der Waals surface area contributed by atoms with E-state index >= 15 is 0 Å². The molecule has 9 aromatic carbocycles. The highest BCUT2D eigenvalue weighted by molar-refractivity contribution is 7.26. The van der Waals surface area contributed by atoms with Gasteiger partial charge >= 0.3 is 0 Å². The zero-order chi connectivity index (χ0) is 38.2. The number of hydrogen-bond donors (Lipinski definition) is 0. The van der Waals surface area contributed by atoms with Gasteiger partial charge in [-0.1, -0.05) is 146 Å². The van der Waals surface area contributed by atoms with Crippen LogP contribution in [-0.2, 0) is 0 Å². The van der Waals surface area contributed by atoms with Crippen molar-refractivity contribution in [1.82, 2.24) is 0 Å². The molecule has 0 spiro atoms. The lowest BCUT2D eigenvalue weighted by Crippen LogP contribution is -2.10. The van der Waals surface area contributed by atoms with Crippen LogP contribution in [0.15, 0.2) is 209 Å². The minimum Gasteiger partial charge on any atom is -0.455 e. The van der Waals surface area contributed by atoms with Gasteiger partial charge in [-0.15, -0.1) is 11.3 Å². The van der Waals surface area contributed by atoms with Gasteiger partial charge in [-0.2, -0.15) is 0 Å². The Morgan fingerprint density at radius 2 is 0.810 bits per heavy atom. The summed E-state index contributed by atoms with van der Waals surface area (Å²) < 4.78 is 15.5. The summed E-state index contributed by atoms with van der Waals surface area (Å²) in [4.78, 5) is 2.35. The molecule has 0 aliphatic heterocycles. The quantitative estimate of drug-likeness (QED) is 0.169. The van der Waals surface area contributed by atoms with E-state index in [-0.39, 0.29) is 0 Å². The lowest BCUT2D eigenvalue weighted by Gasteiger charge is -2.26. The summed E-state index contributed by atoms with van der Waals surface area (Å²) in [6.07, 6.45) is 0. The maximum atomic E-state index is 6.43. The van der Waals surface area contributed by atoms with E-state index in [9.17, 15) is 0 Å². The third kappa shape index (κ3) is 5.19. The van der Waals surface area contributed by atoms with E-state index < -0.39 is 0 Å². The number of furan rings is 2. The van der Waals surface area contributed by atoms with E-state index in [1.165, 1.54) is 31.3 Å². The molecule has 0 unspecified atom stereocenters. The zero-order valence-corrected chi connectivity index (χ0v) is 32.0. The van der Waals surface area contributed by atoms with Gasteiger partial charge in [0.25, 0.3) is 0 Å². The first kappa shape index (κ1) is 32.8. The van der Waals surface area contributed by atoms with Crippen LogP contribution in [0.3, 0.4) is 0 Å². The molecule has 0 amide bonds. The molecule has 0 saturated heterocycles. The van der Waals surface area contributed by atoms with Crippen LogP contribution in [0, 0.1) is 0 Å². The summed E-state index contributed by atoms with van der Waals surface area (Å²) in [6.45, 7) is 0. The van der Waals surface area contributed by atoms with E-state index in [1.54, 1.807) is 0 Å². The molecule has 0 fully saturated rings. The first-order valence-corrected chi connectivity index (χ1v) is 20.4. The molecule has 12 rings (SSSR count). The second kappa shape index (κ2) is 13.1. The Morgan fingerprint density at radius 1 is 0.328 bits per heavy atom. The van der Waals surface area contributed by atoms with E-state index in [1.807, 2.05) is 35.6 Å². The van der Waals surface area contributed by atoms with Crippen LogP contribution in [-0.4, -0.2) is 0 Å². The van der Waals surface area contributed by atoms with E-state index in [4.69, 9.17) is 8.83 Å². The highest BCUT2D eigenvalue weighted by atomic mass is 32.1.